The summed E-state index contributed by atoms with van der Waals surface area (Å²) in [5.74, 6) is 0.760. The van der Waals surface area contributed by atoms with E-state index in [-0.39, 0.29) is 11.9 Å². The molecule has 2 aromatic carbocycles. The summed E-state index contributed by atoms with van der Waals surface area (Å²) in [5.41, 5.74) is 1.84. The molecule has 0 spiro atoms. The zero-order valence-electron chi connectivity index (χ0n) is 19.6. The van der Waals surface area contributed by atoms with Crippen LogP contribution < -0.4 is 5.32 Å². The number of alkyl halides is 3. The number of benzene rings is 2. The molecule has 1 aliphatic heterocycles. The molecule has 1 amide bonds. The van der Waals surface area contributed by atoms with E-state index in [1.807, 2.05) is 37.3 Å². The topological polar surface area (TPSA) is 50.2 Å². The number of hydrogen-bond donors (Lipinski definition) is 1. The monoisotopic (exact) mass is 504 g/mol. The molecule has 9 heteroatoms. The lowest BCUT2D eigenvalue weighted by Crippen LogP contribution is -2.46. The number of carbonyl (C=O) groups excluding carboxylic acids is 1. The molecular formula is C26H28ClF3N4O. The normalized spacial score (nSPS) is 17.1. The van der Waals surface area contributed by atoms with Gasteiger partial charge in [0.15, 0.2) is 5.15 Å². The third kappa shape index (κ3) is 5.23. The van der Waals surface area contributed by atoms with Crippen molar-refractivity contribution < 1.29 is 18.0 Å². The molecule has 0 saturated heterocycles. The van der Waals surface area contributed by atoms with Gasteiger partial charge < -0.3 is 9.88 Å². The van der Waals surface area contributed by atoms with Crippen LogP contribution in [-0.2, 0) is 30.4 Å². The Morgan fingerprint density at radius 2 is 1.83 bits per heavy atom. The Kier molecular flexibility index (Phi) is 7.52. The maximum atomic E-state index is 13.1. The summed E-state index contributed by atoms with van der Waals surface area (Å²) in [5, 5.41) is 3.20. The highest BCUT2D eigenvalue weighted by Crippen LogP contribution is 2.40. The average molecular weight is 505 g/mol. The van der Waals surface area contributed by atoms with E-state index in [1.165, 1.54) is 12.1 Å². The van der Waals surface area contributed by atoms with Crippen LogP contribution in [0.1, 0.15) is 53.6 Å². The van der Waals surface area contributed by atoms with E-state index in [1.54, 1.807) is 7.05 Å². The summed E-state index contributed by atoms with van der Waals surface area (Å²) in [7, 11) is 1.62. The molecule has 0 radical (unpaired) electrons. The van der Waals surface area contributed by atoms with Crippen LogP contribution in [0.2, 0.25) is 5.15 Å². The Labute approximate surface area is 207 Å². The third-order valence-corrected chi connectivity index (χ3v) is 6.86. The summed E-state index contributed by atoms with van der Waals surface area (Å²) in [6.07, 6.45) is -2.55. The number of aromatic nitrogens is 2. The Morgan fingerprint density at radius 3 is 2.43 bits per heavy atom. The molecule has 0 saturated carbocycles. The van der Waals surface area contributed by atoms with Crippen molar-refractivity contribution in [3.63, 3.8) is 0 Å². The minimum absolute atomic E-state index is 0.129. The molecular weight excluding hydrogens is 477 g/mol. The maximum absolute atomic E-state index is 13.1. The number of fused-ring (bicyclic) bond motifs is 1. The molecule has 5 nitrogen and oxygen atoms in total. The summed E-state index contributed by atoms with van der Waals surface area (Å²) in [4.78, 5) is 19.8. The number of likely N-dealkylation sites (N-methyl/N-ethyl adjacent to an activating group) is 1. The van der Waals surface area contributed by atoms with Gasteiger partial charge in [-0.05, 0) is 36.1 Å². The molecule has 2 atom stereocenters. The van der Waals surface area contributed by atoms with Crippen LogP contribution in [0, 0.1) is 0 Å². The maximum Gasteiger partial charge on any atom is 0.416 e. The molecule has 3 aromatic rings. The van der Waals surface area contributed by atoms with Crippen molar-refractivity contribution in [1.82, 2.24) is 19.8 Å². The molecule has 2 heterocycles. The number of aryl methyl sites for hydroxylation is 2. The van der Waals surface area contributed by atoms with E-state index in [9.17, 15) is 18.0 Å². The number of rotatable bonds is 7. The van der Waals surface area contributed by atoms with E-state index >= 15 is 0 Å². The molecule has 0 aliphatic carbocycles. The predicted molar refractivity (Wildman–Crippen MR) is 129 cm³/mol. The van der Waals surface area contributed by atoms with Gasteiger partial charge in [0, 0.05) is 26.6 Å². The minimum atomic E-state index is -4.37. The first-order chi connectivity index (χ1) is 16.7. The number of nitrogens with one attached hydrogen (secondary N) is 1. The summed E-state index contributed by atoms with van der Waals surface area (Å²) >= 11 is 6.63. The third-order valence-electron chi connectivity index (χ3n) is 6.58. The highest BCUT2D eigenvalue weighted by Gasteiger charge is 2.39. The predicted octanol–water partition coefficient (Wildman–Crippen LogP) is 5.59. The molecule has 35 heavy (non-hydrogen) atoms. The van der Waals surface area contributed by atoms with Crippen LogP contribution in [0.15, 0.2) is 54.6 Å². The zero-order valence-corrected chi connectivity index (χ0v) is 20.4. The van der Waals surface area contributed by atoms with Crippen LogP contribution in [0.3, 0.4) is 0 Å². The zero-order chi connectivity index (χ0) is 25.2. The molecule has 0 bridgehead atoms. The summed E-state index contributed by atoms with van der Waals surface area (Å²) in [6.45, 7) is 3.28. The Balaban J connectivity index is 1.70. The van der Waals surface area contributed by atoms with Gasteiger partial charge in [0.2, 0.25) is 5.91 Å². The average Bonchev–Trinajstić information content (AvgIpc) is 3.19. The van der Waals surface area contributed by atoms with Gasteiger partial charge in [-0.2, -0.15) is 13.2 Å². The molecule has 0 unspecified atom stereocenters. The van der Waals surface area contributed by atoms with Gasteiger partial charge in [-0.1, -0.05) is 61.0 Å². The van der Waals surface area contributed by atoms with Crippen molar-refractivity contribution in [2.24, 2.45) is 0 Å². The van der Waals surface area contributed by atoms with Crippen LogP contribution >= 0.6 is 11.6 Å². The molecule has 1 N–H and O–H groups in total. The Bertz CT molecular complexity index is 1160. The Hall–Kier alpha value is -2.84. The lowest BCUT2D eigenvalue weighted by Gasteiger charge is -2.41. The van der Waals surface area contributed by atoms with Crippen molar-refractivity contribution in [3.05, 3.63) is 88.0 Å². The lowest BCUT2D eigenvalue weighted by molar-refractivity contribution is -0.137. The fraction of sp³-hybridized carbons (Fsp3) is 0.385. The fourth-order valence-corrected chi connectivity index (χ4v) is 5.21. The van der Waals surface area contributed by atoms with Gasteiger partial charge in [0.25, 0.3) is 0 Å². The van der Waals surface area contributed by atoms with E-state index in [2.05, 4.69) is 19.8 Å². The lowest BCUT2D eigenvalue weighted by atomic mass is 9.95. The largest absolute Gasteiger partial charge is 0.416 e. The first kappa shape index (κ1) is 25.3. The SMILES string of the molecule is CCc1nc(Cl)c2n1CCN([C@@H](C(=O)NC)c1ccccc1)[C@@H]2CCc1ccc(C(F)(F)F)cc1. The number of carbonyl (C=O) groups is 1. The second-order valence-electron chi connectivity index (χ2n) is 8.62. The van der Waals surface area contributed by atoms with Crippen molar-refractivity contribution in [2.75, 3.05) is 13.6 Å². The van der Waals surface area contributed by atoms with Gasteiger partial charge >= 0.3 is 6.18 Å². The standard InChI is InChI=1S/C26H28ClF3N4O/c1-3-21-32-24(27)23-20(14-11-17-9-12-19(13-10-17)26(28,29)30)33(15-16-34(21)23)22(25(35)31-2)18-7-5-4-6-8-18/h4-10,12-13,20,22H,3,11,14-16H2,1-2H3,(H,31,35)/t20-,22-/m1/s1. The first-order valence-electron chi connectivity index (χ1n) is 11.7. The number of halogens is 4. The first-order valence-corrected chi connectivity index (χ1v) is 12.1. The van der Waals surface area contributed by atoms with Crippen LogP contribution in [0.25, 0.3) is 0 Å². The van der Waals surface area contributed by atoms with Gasteiger partial charge in [0.1, 0.15) is 11.9 Å². The molecule has 0 fully saturated rings. The number of amides is 1. The molecule has 186 valence electrons. The highest BCUT2D eigenvalue weighted by atomic mass is 35.5. The second kappa shape index (κ2) is 10.4. The fourth-order valence-electron chi connectivity index (χ4n) is 4.89. The summed E-state index contributed by atoms with van der Waals surface area (Å²) < 4.78 is 41.1. The van der Waals surface area contributed by atoms with Gasteiger partial charge in [-0.25, -0.2) is 4.98 Å². The number of nitrogens with zero attached hydrogens (tertiary/aromatic N) is 3. The summed E-state index contributed by atoms with van der Waals surface area (Å²) in [6, 6.07) is 14.0. The van der Waals surface area contributed by atoms with Crippen molar-refractivity contribution in [1.29, 1.82) is 0 Å². The van der Waals surface area contributed by atoms with Crippen molar-refractivity contribution >= 4 is 17.5 Å². The smallest absolute Gasteiger partial charge is 0.358 e. The van der Waals surface area contributed by atoms with E-state index in [0.29, 0.717) is 31.1 Å². The molecule has 1 aromatic heterocycles. The van der Waals surface area contributed by atoms with Crippen molar-refractivity contribution in [3.8, 4) is 0 Å². The van der Waals surface area contributed by atoms with E-state index in [4.69, 9.17) is 11.6 Å². The molecule has 1 aliphatic rings. The molecule has 4 rings (SSSR count). The van der Waals surface area contributed by atoms with Gasteiger partial charge in [0.05, 0.1) is 17.3 Å². The second-order valence-corrected chi connectivity index (χ2v) is 8.98. The quantitative estimate of drug-likeness (QED) is 0.456. The van der Waals surface area contributed by atoms with Crippen LogP contribution in [0.4, 0.5) is 13.2 Å². The van der Waals surface area contributed by atoms with Crippen LogP contribution in [0.5, 0.6) is 0 Å². The Morgan fingerprint density at radius 1 is 1.14 bits per heavy atom. The van der Waals surface area contributed by atoms with Gasteiger partial charge in [-0.3, -0.25) is 9.69 Å². The van der Waals surface area contributed by atoms with E-state index in [0.717, 1.165) is 41.2 Å². The number of imidazole rings is 1. The highest BCUT2D eigenvalue weighted by molar-refractivity contribution is 6.30. The number of hydrogen-bond acceptors (Lipinski definition) is 3. The minimum Gasteiger partial charge on any atom is -0.358 e. The van der Waals surface area contributed by atoms with Gasteiger partial charge in [-0.15, -0.1) is 0 Å². The van der Waals surface area contributed by atoms with Crippen molar-refractivity contribution in [2.45, 2.75) is 51.0 Å². The van der Waals surface area contributed by atoms with E-state index < -0.39 is 17.8 Å². The van der Waals surface area contributed by atoms with Crippen LogP contribution in [-0.4, -0.2) is 34.0 Å².